The Bertz CT molecular complexity index is 768. The highest BCUT2D eigenvalue weighted by Crippen LogP contribution is 2.38. The van der Waals surface area contributed by atoms with Gasteiger partial charge in [0.15, 0.2) is 17.6 Å². The number of carbonyl (C=O) groups excluding carboxylic acids is 1. The largest absolute Gasteiger partial charge is 0.490 e. The van der Waals surface area contributed by atoms with Crippen molar-refractivity contribution in [2.75, 3.05) is 18.5 Å². The molecule has 0 spiro atoms. The molecule has 0 unspecified atom stereocenters. The number of rotatable bonds is 2. The van der Waals surface area contributed by atoms with E-state index in [0.717, 1.165) is 17.7 Å². The molecule has 0 fully saturated rings. The third-order valence-electron chi connectivity index (χ3n) is 4.03. The van der Waals surface area contributed by atoms with Crippen LogP contribution in [0.4, 0.5) is 5.69 Å². The van der Waals surface area contributed by atoms with E-state index >= 15 is 0 Å². The standard InChI is InChI=1S/C18H16ClNO4/c19-12-9-15-16(23-7-3-6-22-15)10-13(12)20-18(21)17-8-11-4-1-2-5-14(11)24-17/h1-2,4-5,9-10,17H,3,6-8H2,(H,20,21)/t17-/m1/s1. The summed E-state index contributed by atoms with van der Waals surface area (Å²) >= 11 is 6.26. The number of hydrogen-bond acceptors (Lipinski definition) is 4. The topological polar surface area (TPSA) is 56.8 Å². The Kier molecular flexibility index (Phi) is 3.94. The molecule has 6 heteroatoms. The monoisotopic (exact) mass is 345 g/mol. The second-order valence-corrected chi connectivity index (χ2v) is 6.14. The van der Waals surface area contributed by atoms with Gasteiger partial charge in [0, 0.05) is 25.0 Å². The summed E-state index contributed by atoms with van der Waals surface area (Å²) in [6.07, 6.45) is 0.793. The fourth-order valence-electron chi connectivity index (χ4n) is 2.82. The fraction of sp³-hybridized carbons (Fsp3) is 0.278. The summed E-state index contributed by atoms with van der Waals surface area (Å²) < 4.78 is 16.9. The summed E-state index contributed by atoms with van der Waals surface area (Å²) in [5.74, 6) is 1.70. The molecule has 0 aromatic heterocycles. The number of ether oxygens (including phenoxy) is 3. The van der Waals surface area contributed by atoms with Crippen molar-refractivity contribution in [3.8, 4) is 17.2 Å². The van der Waals surface area contributed by atoms with Gasteiger partial charge in [0.25, 0.3) is 5.91 Å². The normalized spacial score (nSPS) is 18.3. The minimum atomic E-state index is -0.561. The Balaban J connectivity index is 1.51. The van der Waals surface area contributed by atoms with Crippen LogP contribution in [-0.4, -0.2) is 25.2 Å². The quantitative estimate of drug-likeness (QED) is 0.905. The molecule has 0 aliphatic carbocycles. The minimum Gasteiger partial charge on any atom is -0.490 e. The van der Waals surface area contributed by atoms with Gasteiger partial charge < -0.3 is 19.5 Å². The van der Waals surface area contributed by atoms with Crippen molar-refractivity contribution in [1.82, 2.24) is 0 Å². The van der Waals surface area contributed by atoms with Crippen molar-refractivity contribution in [1.29, 1.82) is 0 Å². The van der Waals surface area contributed by atoms with Gasteiger partial charge in [-0.15, -0.1) is 0 Å². The molecule has 0 saturated heterocycles. The number of amides is 1. The van der Waals surface area contributed by atoms with E-state index in [1.54, 1.807) is 12.1 Å². The number of carbonyl (C=O) groups is 1. The number of para-hydroxylation sites is 1. The Morgan fingerprint density at radius 2 is 1.83 bits per heavy atom. The molecular formula is C18H16ClNO4. The molecule has 2 aliphatic rings. The number of benzene rings is 2. The Hall–Kier alpha value is -2.40. The van der Waals surface area contributed by atoms with Crippen LogP contribution in [-0.2, 0) is 11.2 Å². The van der Waals surface area contributed by atoms with E-state index < -0.39 is 6.10 Å². The van der Waals surface area contributed by atoms with Gasteiger partial charge in [-0.25, -0.2) is 0 Å². The Morgan fingerprint density at radius 3 is 2.62 bits per heavy atom. The predicted octanol–water partition coefficient (Wildman–Crippen LogP) is 3.44. The summed E-state index contributed by atoms with van der Waals surface area (Å²) in [7, 11) is 0. The molecule has 24 heavy (non-hydrogen) atoms. The van der Waals surface area contributed by atoms with Crippen LogP contribution < -0.4 is 19.5 Å². The molecule has 1 N–H and O–H groups in total. The third-order valence-corrected chi connectivity index (χ3v) is 4.35. The molecule has 0 radical (unpaired) electrons. The predicted molar refractivity (Wildman–Crippen MR) is 90.3 cm³/mol. The smallest absolute Gasteiger partial charge is 0.265 e. The molecule has 0 bridgehead atoms. The molecule has 1 amide bonds. The Labute approximate surface area is 144 Å². The number of hydrogen-bond donors (Lipinski definition) is 1. The van der Waals surface area contributed by atoms with Gasteiger partial charge in [0.1, 0.15) is 5.75 Å². The molecule has 4 rings (SSSR count). The van der Waals surface area contributed by atoms with E-state index in [2.05, 4.69) is 5.32 Å². The van der Waals surface area contributed by atoms with E-state index in [4.69, 9.17) is 25.8 Å². The molecule has 124 valence electrons. The van der Waals surface area contributed by atoms with Crippen LogP contribution >= 0.6 is 11.6 Å². The number of nitrogens with one attached hydrogen (secondary N) is 1. The molecule has 2 aromatic rings. The van der Waals surface area contributed by atoms with Gasteiger partial charge in [-0.2, -0.15) is 0 Å². The number of anilines is 1. The lowest BCUT2D eigenvalue weighted by Gasteiger charge is -2.15. The third kappa shape index (κ3) is 2.87. The van der Waals surface area contributed by atoms with Crippen LogP contribution in [0.25, 0.3) is 0 Å². The van der Waals surface area contributed by atoms with Crippen molar-refractivity contribution < 1.29 is 19.0 Å². The van der Waals surface area contributed by atoms with Gasteiger partial charge in [-0.05, 0) is 11.6 Å². The second-order valence-electron chi connectivity index (χ2n) is 5.74. The molecule has 2 aromatic carbocycles. The SMILES string of the molecule is O=C(Nc1cc2c(cc1Cl)OCCCO2)[C@H]1Cc2ccccc2O1. The Morgan fingerprint density at radius 1 is 1.08 bits per heavy atom. The summed E-state index contributed by atoms with van der Waals surface area (Å²) in [5, 5.41) is 3.23. The highest BCUT2D eigenvalue weighted by atomic mass is 35.5. The molecule has 1 atom stereocenters. The lowest BCUT2D eigenvalue weighted by atomic mass is 10.1. The summed E-state index contributed by atoms with van der Waals surface area (Å²) in [4.78, 5) is 12.5. The number of fused-ring (bicyclic) bond motifs is 2. The minimum absolute atomic E-state index is 0.234. The van der Waals surface area contributed by atoms with Crippen molar-refractivity contribution in [3.63, 3.8) is 0 Å². The zero-order chi connectivity index (χ0) is 16.5. The molecule has 2 heterocycles. The molecule has 0 saturated carbocycles. The van der Waals surface area contributed by atoms with Crippen molar-refractivity contribution in [2.45, 2.75) is 18.9 Å². The maximum atomic E-state index is 12.5. The van der Waals surface area contributed by atoms with Gasteiger partial charge in [0.05, 0.1) is 23.9 Å². The zero-order valence-electron chi connectivity index (χ0n) is 12.9. The molecule has 2 aliphatic heterocycles. The second kappa shape index (κ2) is 6.24. The van der Waals surface area contributed by atoms with E-state index in [0.29, 0.717) is 41.8 Å². The number of halogens is 1. The first-order valence-corrected chi connectivity index (χ1v) is 8.23. The van der Waals surface area contributed by atoms with Gasteiger partial charge in [-0.3, -0.25) is 4.79 Å². The summed E-state index contributed by atoms with van der Waals surface area (Å²) in [6.45, 7) is 1.16. The highest BCUT2D eigenvalue weighted by molar-refractivity contribution is 6.34. The summed E-state index contributed by atoms with van der Waals surface area (Å²) in [6, 6.07) is 11.0. The lowest BCUT2D eigenvalue weighted by Crippen LogP contribution is -2.31. The first kappa shape index (κ1) is 15.1. The fourth-order valence-corrected chi connectivity index (χ4v) is 3.02. The van der Waals surface area contributed by atoms with Crippen LogP contribution in [0, 0.1) is 0 Å². The summed E-state index contributed by atoms with van der Waals surface area (Å²) in [5.41, 5.74) is 1.52. The average Bonchev–Trinajstić information content (AvgIpc) is 2.89. The molecular weight excluding hydrogens is 330 g/mol. The average molecular weight is 346 g/mol. The first-order valence-electron chi connectivity index (χ1n) is 7.85. The highest BCUT2D eigenvalue weighted by Gasteiger charge is 2.29. The van der Waals surface area contributed by atoms with Crippen molar-refractivity contribution >= 4 is 23.2 Å². The van der Waals surface area contributed by atoms with Crippen molar-refractivity contribution in [3.05, 3.63) is 47.0 Å². The van der Waals surface area contributed by atoms with E-state index in [9.17, 15) is 4.79 Å². The van der Waals surface area contributed by atoms with Gasteiger partial charge in [0.2, 0.25) is 0 Å². The van der Waals surface area contributed by atoms with Crippen LogP contribution in [0.15, 0.2) is 36.4 Å². The van der Waals surface area contributed by atoms with E-state index in [-0.39, 0.29) is 5.91 Å². The first-order chi connectivity index (χ1) is 11.7. The lowest BCUT2D eigenvalue weighted by molar-refractivity contribution is -0.122. The van der Waals surface area contributed by atoms with Crippen LogP contribution in [0.1, 0.15) is 12.0 Å². The molecule has 5 nitrogen and oxygen atoms in total. The maximum absolute atomic E-state index is 12.5. The van der Waals surface area contributed by atoms with E-state index in [1.807, 2.05) is 24.3 Å². The van der Waals surface area contributed by atoms with Crippen LogP contribution in [0.2, 0.25) is 5.02 Å². The zero-order valence-corrected chi connectivity index (χ0v) is 13.6. The van der Waals surface area contributed by atoms with Gasteiger partial charge >= 0.3 is 0 Å². The van der Waals surface area contributed by atoms with Crippen LogP contribution in [0.5, 0.6) is 17.2 Å². The van der Waals surface area contributed by atoms with Crippen molar-refractivity contribution in [2.24, 2.45) is 0 Å². The van der Waals surface area contributed by atoms with Crippen LogP contribution in [0.3, 0.4) is 0 Å². The van der Waals surface area contributed by atoms with Gasteiger partial charge in [-0.1, -0.05) is 29.8 Å². The van der Waals surface area contributed by atoms with E-state index in [1.165, 1.54) is 0 Å². The maximum Gasteiger partial charge on any atom is 0.265 e.